The molecule has 0 fully saturated rings. The fourth-order valence-corrected chi connectivity index (χ4v) is 1.66. The number of nitro groups is 1. The van der Waals surface area contributed by atoms with Crippen molar-refractivity contribution in [2.24, 2.45) is 0 Å². The first-order valence-corrected chi connectivity index (χ1v) is 6.16. The van der Waals surface area contributed by atoms with Crippen LogP contribution in [0.3, 0.4) is 0 Å². The van der Waals surface area contributed by atoms with Gasteiger partial charge in [-0.3, -0.25) is 10.1 Å². The number of imidazole rings is 1. The van der Waals surface area contributed by atoms with Gasteiger partial charge in [-0.2, -0.15) is 26.6 Å². The van der Waals surface area contributed by atoms with E-state index in [0.29, 0.717) is 0 Å². The lowest BCUT2D eigenvalue weighted by Crippen LogP contribution is -2.28. The molecular weight excluding hydrogens is 307 g/mol. The zero-order valence-electron chi connectivity index (χ0n) is 9.21. The van der Waals surface area contributed by atoms with Crippen molar-refractivity contribution in [3.8, 4) is 6.01 Å². The summed E-state index contributed by atoms with van der Waals surface area (Å²) in [6, 6.07) is 2.26. The first-order chi connectivity index (χ1) is 9.10. The van der Waals surface area contributed by atoms with Crippen molar-refractivity contribution >= 4 is 26.8 Å². The molecule has 0 amide bonds. The van der Waals surface area contributed by atoms with Gasteiger partial charge in [0.05, 0.1) is 16.0 Å². The van der Waals surface area contributed by atoms with Crippen LogP contribution < -0.4 is 4.18 Å². The lowest BCUT2D eigenvalue weighted by atomic mass is 10.3. The molecule has 0 unspecified atom stereocenters. The summed E-state index contributed by atoms with van der Waals surface area (Å²) in [6.07, 6.45) is 0. The van der Waals surface area contributed by atoms with Gasteiger partial charge in [-0.05, 0) is 6.07 Å². The highest BCUT2D eigenvalue weighted by Gasteiger charge is 2.49. The van der Waals surface area contributed by atoms with Crippen LogP contribution in [0.15, 0.2) is 18.2 Å². The molecule has 2 rings (SSSR count). The number of hydrogen-bond acceptors (Lipinski definition) is 6. The molecule has 0 radical (unpaired) electrons. The average molecular weight is 311 g/mol. The second-order valence-electron chi connectivity index (χ2n) is 3.48. The van der Waals surface area contributed by atoms with Gasteiger partial charge < -0.3 is 9.17 Å². The molecule has 8 nitrogen and oxygen atoms in total. The number of aromatic amines is 1. The molecule has 108 valence electrons. The highest BCUT2D eigenvalue weighted by Crippen LogP contribution is 2.27. The van der Waals surface area contributed by atoms with Crippen LogP contribution >= 0.6 is 0 Å². The zero-order chi connectivity index (χ0) is 15.1. The minimum absolute atomic E-state index is 0.0861. The second-order valence-corrected chi connectivity index (χ2v) is 5.02. The number of H-pyrrole nitrogens is 1. The molecule has 0 saturated carbocycles. The second kappa shape index (κ2) is 4.33. The number of aromatic nitrogens is 2. The topological polar surface area (TPSA) is 115 Å². The average Bonchev–Trinajstić information content (AvgIpc) is 2.67. The van der Waals surface area contributed by atoms with Crippen LogP contribution in [0.5, 0.6) is 6.01 Å². The van der Waals surface area contributed by atoms with Gasteiger partial charge in [0.1, 0.15) is 0 Å². The summed E-state index contributed by atoms with van der Waals surface area (Å²) in [4.78, 5) is 15.3. The third-order valence-corrected chi connectivity index (χ3v) is 3.07. The van der Waals surface area contributed by atoms with Gasteiger partial charge in [-0.15, -0.1) is 0 Å². The first kappa shape index (κ1) is 14.0. The van der Waals surface area contributed by atoms with E-state index < -0.39 is 26.6 Å². The standard InChI is InChI=1S/C8H4F3N3O5S/c9-8(10,11)20(17,18)19-7-12-5-2-1-4(14(15)16)3-6(5)13-7/h1-3H,(H,12,13). The lowest BCUT2D eigenvalue weighted by molar-refractivity contribution is -0.384. The SMILES string of the molecule is O=[N+]([O-])c1ccc2[nH]c(OS(=O)(=O)C(F)(F)F)nc2c1. The highest BCUT2D eigenvalue weighted by molar-refractivity contribution is 7.87. The van der Waals surface area contributed by atoms with Crippen molar-refractivity contribution < 1.29 is 30.7 Å². The molecule has 0 spiro atoms. The summed E-state index contributed by atoms with van der Waals surface area (Å²) in [7, 11) is -5.85. The van der Waals surface area contributed by atoms with Crippen LogP contribution in [0, 0.1) is 10.1 Å². The van der Waals surface area contributed by atoms with Crippen molar-refractivity contribution in [1.82, 2.24) is 9.97 Å². The summed E-state index contributed by atoms with van der Waals surface area (Å²) >= 11 is 0. The lowest BCUT2D eigenvalue weighted by Gasteiger charge is -2.05. The molecule has 0 bridgehead atoms. The van der Waals surface area contributed by atoms with E-state index in [1.807, 2.05) is 0 Å². The van der Waals surface area contributed by atoms with Crippen molar-refractivity contribution in [3.05, 3.63) is 28.3 Å². The van der Waals surface area contributed by atoms with Gasteiger partial charge in [0.15, 0.2) is 0 Å². The van der Waals surface area contributed by atoms with E-state index in [1.54, 1.807) is 0 Å². The monoisotopic (exact) mass is 311 g/mol. The summed E-state index contributed by atoms with van der Waals surface area (Å²) in [6.45, 7) is 0. The molecule has 20 heavy (non-hydrogen) atoms. The van der Waals surface area contributed by atoms with Crippen molar-refractivity contribution in [2.75, 3.05) is 0 Å². The molecule has 12 heteroatoms. The Morgan fingerprint density at radius 3 is 2.55 bits per heavy atom. The van der Waals surface area contributed by atoms with Crippen LogP contribution in [0.25, 0.3) is 11.0 Å². The van der Waals surface area contributed by atoms with Crippen LogP contribution in [0.1, 0.15) is 0 Å². The Morgan fingerprint density at radius 2 is 2.00 bits per heavy atom. The Labute approximate surface area is 108 Å². The maximum absolute atomic E-state index is 12.1. The Kier molecular flexibility index (Phi) is 3.04. The maximum Gasteiger partial charge on any atom is 0.534 e. The number of benzene rings is 1. The molecule has 0 aliphatic carbocycles. The molecule has 1 aromatic carbocycles. The van der Waals surface area contributed by atoms with Crippen LogP contribution in [0.4, 0.5) is 18.9 Å². The fourth-order valence-electron chi connectivity index (χ4n) is 1.27. The number of alkyl halides is 3. The van der Waals surface area contributed by atoms with Gasteiger partial charge in [0.2, 0.25) is 0 Å². The number of fused-ring (bicyclic) bond motifs is 1. The minimum atomic E-state index is -5.85. The molecule has 1 heterocycles. The molecule has 0 saturated heterocycles. The smallest absolute Gasteiger partial charge is 0.339 e. The zero-order valence-corrected chi connectivity index (χ0v) is 10.0. The Hall–Kier alpha value is -2.37. The van der Waals surface area contributed by atoms with E-state index in [0.717, 1.165) is 18.2 Å². The number of halogens is 3. The molecule has 1 aromatic heterocycles. The van der Waals surface area contributed by atoms with E-state index in [2.05, 4.69) is 14.2 Å². The predicted molar refractivity (Wildman–Crippen MR) is 58.4 cm³/mol. The molecule has 0 aliphatic rings. The fraction of sp³-hybridized carbons (Fsp3) is 0.125. The van der Waals surface area contributed by atoms with Gasteiger partial charge in [-0.25, -0.2) is 0 Å². The van der Waals surface area contributed by atoms with Crippen LogP contribution in [0.2, 0.25) is 0 Å². The normalized spacial score (nSPS) is 12.6. The number of rotatable bonds is 3. The van der Waals surface area contributed by atoms with E-state index in [4.69, 9.17) is 0 Å². The molecule has 2 aromatic rings. The maximum atomic E-state index is 12.1. The van der Waals surface area contributed by atoms with Crippen molar-refractivity contribution in [3.63, 3.8) is 0 Å². The molecular formula is C8H4F3N3O5S. The van der Waals surface area contributed by atoms with Crippen LogP contribution in [-0.2, 0) is 10.1 Å². The quantitative estimate of drug-likeness (QED) is 0.399. The van der Waals surface area contributed by atoms with E-state index in [1.165, 1.54) is 0 Å². The number of hydrogen-bond donors (Lipinski definition) is 1. The number of nitrogens with zero attached hydrogens (tertiary/aromatic N) is 2. The first-order valence-electron chi connectivity index (χ1n) is 4.75. The van der Waals surface area contributed by atoms with Gasteiger partial charge in [0.25, 0.3) is 5.69 Å². The predicted octanol–water partition coefficient (Wildman–Crippen LogP) is 1.70. The summed E-state index contributed by atoms with van der Waals surface area (Å²) in [5, 5.41) is 10.5. The van der Waals surface area contributed by atoms with Gasteiger partial charge in [-0.1, -0.05) is 0 Å². The van der Waals surface area contributed by atoms with E-state index >= 15 is 0 Å². The number of nitrogens with one attached hydrogen (secondary N) is 1. The Balaban J connectivity index is 2.41. The highest BCUT2D eigenvalue weighted by atomic mass is 32.2. The molecule has 1 N–H and O–H groups in total. The number of non-ortho nitro benzene ring substituents is 1. The van der Waals surface area contributed by atoms with E-state index in [-0.39, 0.29) is 16.7 Å². The van der Waals surface area contributed by atoms with Gasteiger partial charge in [0, 0.05) is 12.1 Å². The Morgan fingerprint density at radius 1 is 1.35 bits per heavy atom. The molecule has 0 atom stereocenters. The van der Waals surface area contributed by atoms with Crippen molar-refractivity contribution in [2.45, 2.75) is 5.51 Å². The van der Waals surface area contributed by atoms with Gasteiger partial charge >= 0.3 is 21.6 Å². The Bertz CT molecular complexity index is 782. The van der Waals surface area contributed by atoms with Crippen molar-refractivity contribution in [1.29, 1.82) is 0 Å². The van der Waals surface area contributed by atoms with E-state index in [9.17, 15) is 31.7 Å². The molecule has 0 aliphatic heterocycles. The summed E-state index contributed by atoms with van der Waals surface area (Å²) in [5.41, 5.74) is -5.97. The third-order valence-electron chi connectivity index (χ3n) is 2.13. The minimum Gasteiger partial charge on any atom is -0.339 e. The van der Waals surface area contributed by atoms with Crippen LogP contribution in [-0.4, -0.2) is 28.8 Å². The number of nitro benzene ring substituents is 1. The summed E-state index contributed by atoms with van der Waals surface area (Å²) < 4.78 is 61.6. The third kappa shape index (κ3) is 2.49. The summed E-state index contributed by atoms with van der Waals surface area (Å²) in [5.74, 6) is 0. The largest absolute Gasteiger partial charge is 0.534 e.